The van der Waals surface area contributed by atoms with Crippen molar-refractivity contribution in [3.63, 3.8) is 0 Å². The Morgan fingerprint density at radius 3 is 2.74 bits per heavy atom. The summed E-state index contributed by atoms with van der Waals surface area (Å²) >= 11 is 1.55. The van der Waals surface area contributed by atoms with Crippen LogP contribution < -0.4 is 10.6 Å². The average molecular weight is 384 g/mol. The Morgan fingerprint density at radius 2 is 2.04 bits per heavy atom. The summed E-state index contributed by atoms with van der Waals surface area (Å²) in [6.07, 6.45) is 8.05. The van der Waals surface area contributed by atoms with E-state index in [-0.39, 0.29) is 11.8 Å². The van der Waals surface area contributed by atoms with Gasteiger partial charge < -0.3 is 10.6 Å². The van der Waals surface area contributed by atoms with Gasteiger partial charge in [0.05, 0.1) is 5.75 Å². The number of anilines is 1. The zero-order chi connectivity index (χ0) is 19.1. The van der Waals surface area contributed by atoms with Crippen LogP contribution in [0.3, 0.4) is 0 Å². The predicted molar refractivity (Wildman–Crippen MR) is 110 cm³/mol. The molecule has 0 spiro atoms. The summed E-state index contributed by atoms with van der Waals surface area (Å²) < 4.78 is 0. The first-order valence-corrected chi connectivity index (χ1v) is 10.5. The van der Waals surface area contributed by atoms with Gasteiger partial charge >= 0.3 is 0 Å². The molecule has 5 nitrogen and oxygen atoms in total. The van der Waals surface area contributed by atoms with Crippen LogP contribution in [-0.4, -0.2) is 28.6 Å². The van der Waals surface area contributed by atoms with Gasteiger partial charge in [0.2, 0.25) is 5.91 Å². The highest BCUT2D eigenvalue weighted by Gasteiger charge is 2.18. The summed E-state index contributed by atoms with van der Waals surface area (Å²) in [6, 6.07) is 9.61. The molecule has 1 saturated carbocycles. The van der Waals surface area contributed by atoms with Crippen molar-refractivity contribution < 1.29 is 9.59 Å². The van der Waals surface area contributed by atoms with E-state index in [1.165, 1.54) is 12.8 Å². The van der Waals surface area contributed by atoms with Crippen molar-refractivity contribution in [1.29, 1.82) is 0 Å². The van der Waals surface area contributed by atoms with Crippen molar-refractivity contribution in [2.75, 3.05) is 11.1 Å². The first-order chi connectivity index (χ1) is 13.1. The maximum atomic E-state index is 12.4. The number of carbonyl (C=O) groups is 2. The first-order valence-electron chi connectivity index (χ1n) is 9.30. The van der Waals surface area contributed by atoms with Gasteiger partial charge in [0.1, 0.15) is 0 Å². The number of hydrogen-bond acceptors (Lipinski definition) is 4. The van der Waals surface area contributed by atoms with Gasteiger partial charge in [0, 0.05) is 35.4 Å². The zero-order valence-electron chi connectivity index (χ0n) is 15.5. The van der Waals surface area contributed by atoms with Crippen LogP contribution in [-0.2, 0) is 10.5 Å². The van der Waals surface area contributed by atoms with Gasteiger partial charge in [0.15, 0.2) is 0 Å². The molecule has 2 N–H and O–H groups in total. The maximum Gasteiger partial charge on any atom is 0.251 e. The van der Waals surface area contributed by atoms with E-state index in [1.54, 1.807) is 24.0 Å². The maximum absolute atomic E-state index is 12.4. The van der Waals surface area contributed by atoms with Crippen molar-refractivity contribution in [2.24, 2.45) is 0 Å². The highest BCUT2D eigenvalue weighted by molar-refractivity contribution is 7.99. The van der Waals surface area contributed by atoms with Crippen LogP contribution in [0.5, 0.6) is 0 Å². The van der Waals surface area contributed by atoms with Gasteiger partial charge in [-0.3, -0.25) is 14.6 Å². The Hall–Kier alpha value is -2.34. The van der Waals surface area contributed by atoms with Crippen molar-refractivity contribution >= 4 is 29.3 Å². The molecule has 1 heterocycles. The zero-order valence-corrected chi connectivity index (χ0v) is 16.3. The van der Waals surface area contributed by atoms with Crippen LogP contribution in [0.1, 0.15) is 47.2 Å². The van der Waals surface area contributed by atoms with Crippen molar-refractivity contribution in [2.45, 2.75) is 44.4 Å². The second-order valence-electron chi connectivity index (χ2n) is 6.89. The van der Waals surface area contributed by atoms with E-state index in [0.29, 0.717) is 17.4 Å². The summed E-state index contributed by atoms with van der Waals surface area (Å²) in [5.74, 6) is 1.05. The highest BCUT2D eigenvalue weighted by Crippen LogP contribution is 2.20. The molecule has 1 aromatic carbocycles. The molecule has 3 rings (SSSR count). The number of benzene rings is 1. The minimum Gasteiger partial charge on any atom is -0.349 e. The van der Waals surface area contributed by atoms with Gasteiger partial charge in [-0.2, -0.15) is 0 Å². The van der Waals surface area contributed by atoms with E-state index in [4.69, 9.17) is 0 Å². The molecule has 6 heteroatoms. The van der Waals surface area contributed by atoms with Gasteiger partial charge in [-0.15, -0.1) is 11.8 Å². The average Bonchev–Trinajstić information content (AvgIpc) is 3.17. The molecule has 2 amide bonds. The summed E-state index contributed by atoms with van der Waals surface area (Å²) in [5, 5.41) is 6.02. The molecule has 2 aromatic rings. The van der Waals surface area contributed by atoms with Crippen LogP contribution in [0.25, 0.3) is 0 Å². The van der Waals surface area contributed by atoms with E-state index in [2.05, 4.69) is 15.6 Å². The largest absolute Gasteiger partial charge is 0.349 e. The third kappa shape index (κ3) is 5.82. The summed E-state index contributed by atoms with van der Waals surface area (Å²) in [5.41, 5.74) is 3.38. The molecule has 0 bridgehead atoms. The second kappa shape index (κ2) is 9.55. The number of rotatable bonds is 7. The first kappa shape index (κ1) is 19.4. The number of nitrogens with one attached hydrogen (secondary N) is 2. The molecule has 142 valence electrons. The number of aryl methyl sites for hydroxylation is 1. The minimum absolute atomic E-state index is 0.0325. The SMILES string of the molecule is Cc1cc(C(=O)NC2CCCC2)ccc1NC(=O)CSCc1cccnc1. The number of amides is 2. The van der Waals surface area contributed by atoms with Crippen LogP contribution in [0.15, 0.2) is 42.7 Å². The monoisotopic (exact) mass is 383 g/mol. The molecule has 0 saturated heterocycles. The molecule has 27 heavy (non-hydrogen) atoms. The fourth-order valence-electron chi connectivity index (χ4n) is 3.22. The molecule has 1 fully saturated rings. The predicted octanol–water partition coefficient (Wildman–Crippen LogP) is 3.93. The lowest BCUT2D eigenvalue weighted by Crippen LogP contribution is -2.32. The van der Waals surface area contributed by atoms with Crippen LogP contribution in [0.4, 0.5) is 5.69 Å². The number of nitrogens with zero attached hydrogens (tertiary/aromatic N) is 1. The third-order valence-electron chi connectivity index (χ3n) is 4.68. The third-order valence-corrected chi connectivity index (χ3v) is 5.68. The number of pyridine rings is 1. The minimum atomic E-state index is -0.0462. The Morgan fingerprint density at radius 1 is 1.22 bits per heavy atom. The summed E-state index contributed by atoms with van der Waals surface area (Å²) in [4.78, 5) is 28.6. The van der Waals surface area contributed by atoms with E-state index in [1.807, 2.05) is 37.4 Å². The van der Waals surface area contributed by atoms with Crippen molar-refractivity contribution in [3.8, 4) is 0 Å². The topological polar surface area (TPSA) is 71.1 Å². The van der Waals surface area contributed by atoms with Gasteiger partial charge in [-0.1, -0.05) is 18.9 Å². The Kier molecular flexibility index (Phi) is 6.87. The Bertz CT molecular complexity index is 789. The van der Waals surface area contributed by atoms with Gasteiger partial charge in [-0.25, -0.2) is 0 Å². The number of aromatic nitrogens is 1. The van der Waals surface area contributed by atoms with E-state index in [0.717, 1.165) is 35.4 Å². The van der Waals surface area contributed by atoms with E-state index < -0.39 is 0 Å². The normalized spacial score (nSPS) is 14.1. The molecule has 0 atom stereocenters. The van der Waals surface area contributed by atoms with Crippen LogP contribution >= 0.6 is 11.8 Å². The Labute approximate surface area is 164 Å². The Balaban J connectivity index is 1.49. The molecule has 1 aliphatic rings. The smallest absolute Gasteiger partial charge is 0.251 e. The number of carbonyl (C=O) groups excluding carboxylic acids is 2. The molecule has 1 aliphatic carbocycles. The lowest BCUT2D eigenvalue weighted by Gasteiger charge is -2.14. The van der Waals surface area contributed by atoms with Gasteiger partial charge in [-0.05, 0) is 55.2 Å². The highest BCUT2D eigenvalue weighted by atomic mass is 32.2. The lowest BCUT2D eigenvalue weighted by molar-refractivity contribution is -0.113. The summed E-state index contributed by atoms with van der Waals surface area (Å²) in [6.45, 7) is 1.91. The molecule has 0 radical (unpaired) electrons. The quantitative estimate of drug-likeness (QED) is 0.760. The molecule has 1 aromatic heterocycles. The van der Waals surface area contributed by atoms with Crippen LogP contribution in [0.2, 0.25) is 0 Å². The van der Waals surface area contributed by atoms with E-state index >= 15 is 0 Å². The van der Waals surface area contributed by atoms with Gasteiger partial charge in [0.25, 0.3) is 5.91 Å². The molecular formula is C21H25N3O2S. The lowest BCUT2D eigenvalue weighted by atomic mass is 10.1. The standard InChI is InChI=1S/C21H25N3O2S/c1-15-11-17(21(26)23-18-6-2-3-7-18)8-9-19(15)24-20(25)14-27-13-16-5-4-10-22-12-16/h4-5,8-12,18H,2-3,6-7,13-14H2,1H3,(H,23,26)(H,24,25). The number of thioether (sulfide) groups is 1. The van der Waals surface area contributed by atoms with Crippen molar-refractivity contribution in [1.82, 2.24) is 10.3 Å². The molecule has 0 unspecified atom stereocenters. The second-order valence-corrected chi connectivity index (χ2v) is 7.87. The fraction of sp³-hybridized carbons (Fsp3) is 0.381. The molecular weight excluding hydrogens is 358 g/mol. The summed E-state index contributed by atoms with van der Waals surface area (Å²) in [7, 11) is 0. The van der Waals surface area contributed by atoms with E-state index in [9.17, 15) is 9.59 Å². The fourth-order valence-corrected chi connectivity index (χ4v) is 3.98. The number of hydrogen-bond donors (Lipinski definition) is 2. The van der Waals surface area contributed by atoms with Crippen LogP contribution in [0, 0.1) is 6.92 Å². The van der Waals surface area contributed by atoms with Crippen molar-refractivity contribution in [3.05, 3.63) is 59.4 Å². The molecule has 0 aliphatic heterocycles.